The molecule has 0 aliphatic rings. The molecule has 0 atom stereocenters. The van der Waals surface area contributed by atoms with Gasteiger partial charge < -0.3 is 0 Å². The van der Waals surface area contributed by atoms with E-state index in [-0.39, 0.29) is 20.7 Å². The molecule has 118 valence electrons. The van der Waals surface area contributed by atoms with Crippen LogP contribution in [0, 0.1) is 0 Å². The molecule has 8 heteroatoms. The minimum absolute atomic E-state index is 0.0512. The molecule has 1 heterocycles. The molecule has 4 nitrogen and oxygen atoms in total. The summed E-state index contributed by atoms with van der Waals surface area (Å²) in [5.41, 5.74) is 0.0512. The van der Waals surface area contributed by atoms with Gasteiger partial charge in [0.1, 0.15) is 4.21 Å². The van der Waals surface area contributed by atoms with Gasteiger partial charge in [0.05, 0.1) is 10.6 Å². The second-order valence-corrected chi connectivity index (χ2v) is 8.74. The van der Waals surface area contributed by atoms with Gasteiger partial charge in [0.25, 0.3) is 15.9 Å². The standard InChI is InChI=1S/C14H13Cl2NO3S2/c1-8(2)12-5-6-13(21-12)22(19,20)17-14(18)10-4-3-9(15)7-11(10)16/h3-8H,1-2H3,(H,17,18). The number of hydrogen-bond donors (Lipinski definition) is 1. The van der Waals surface area contributed by atoms with E-state index in [0.29, 0.717) is 5.02 Å². The Balaban J connectivity index is 2.25. The molecular formula is C14H13Cl2NO3S2. The molecule has 0 radical (unpaired) electrons. The van der Waals surface area contributed by atoms with Crippen LogP contribution >= 0.6 is 34.5 Å². The molecule has 2 aromatic rings. The summed E-state index contributed by atoms with van der Waals surface area (Å²) in [4.78, 5) is 13.0. The van der Waals surface area contributed by atoms with E-state index in [1.807, 2.05) is 18.6 Å². The average molecular weight is 378 g/mol. The van der Waals surface area contributed by atoms with Gasteiger partial charge in [0, 0.05) is 9.90 Å². The number of sulfonamides is 1. The number of halogens is 2. The second kappa shape index (κ2) is 6.58. The average Bonchev–Trinajstić information content (AvgIpc) is 2.88. The fourth-order valence-electron chi connectivity index (χ4n) is 1.69. The molecule has 0 spiro atoms. The lowest BCUT2D eigenvalue weighted by Gasteiger charge is -2.07. The third kappa shape index (κ3) is 3.81. The number of rotatable bonds is 4. The van der Waals surface area contributed by atoms with Gasteiger partial charge in [-0.15, -0.1) is 11.3 Å². The topological polar surface area (TPSA) is 63.2 Å². The van der Waals surface area contributed by atoms with E-state index in [9.17, 15) is 13.2 Å². The van der Waals surface area contributed by atoms with Crippen LogP contribution in [0.3, 0.4) is 0 Å². The van der Waals surface area contributed by atoms with Crippen molar-refractivity contribution in [2.45, 2.75) is 24.0 Å². The van der Waals surface area contributed by atoms with E-state index < -0.39 is 15.9 Å². The molecule has 1 N–H and O–H groups in total. The van der Waals surface area contributed by atoms with Crippen molar-refractivity contribution in [3.8, 4) is 0 Å². The monoisotopic (exact) mass is 377 g/mol. The highest BCUT2D eigenvalue weighted by molar-refractivity contribution is 7.92. The van der Waals surface area contributed by atoms with Gasteiger partial charge in [0.2, 0.25) is 0 Å². The highest BCUT2D eigenvalue weighted by atomic mass is 35.5. The molecule has 0 saturated heterocycles. The fourth-order valence-corrected chi connectivity index (χ4v) is 4.48. The van der Waals surface area contributed by atoms with Crippen LogP contribution in [-0.4, -0.2) is 14.3 Å². The van der Waals surface area contributed by atoms with E-state index in [4.69, 9.17) is 23.2 Å². The van der Waals surface area contributed by atoms with Gasteiger partial charge in [-0.3, -0.25) is 4.79 Å². The number of hydrogen-bond acceptors (Lipinski definition) is 4. The van der Waals surface area contributed by atoms with Crippen molar-refractivity contribution in [1.29, 1.82) is 0 Å². The van der Waals surface area contributed by atoms with Crippen LogP contribution in [0.4, 0.5) is 0 Å². The Morgan fingerprint density at radius 1 is 1.18 bits per heavy atom. The SMILES string of the molecule is CC(C)c1ccc(S(=O)(=O)NC(=O)c2ccc(Cl)cc2Cl)s1. The summed E-state index contributed by atoms with van der Waals surface area (Å²) < 4.78 is 26.6. The lowest BCUT2D eigenvalue weighted by molar-refractivity contribution is 0.0981. The number of thiophene rings is 1. The van der Waals surface area contributed by atoms with E-state index in [0.717, 1.165) is 16.2 Å². The largest absolute Gasteiger partial charge is 0.273 e. The lowest BCUT2D eigenvalue weighted by atomic mass is 10.2. The molecule has 0 aliphatic carbocycles. The van der Waals surface area contributed by atoms with Crippen molar-refractivity contribution in [3.05, 3.63) is 50.8 Å². The molecular weight excluding hydrogens is 365 g/mol. The van der Waals surface area contributed by atoms with Gasteiger partial charge in [0.15, 0.2) is 0 Å². The smallest absolute Gasteiger partial charge is 0.268 e. The zero-order chi connectivity index (χ0) is 16.5. The summed E-state index contributed by atoms with van der Waals surface area (Å²) in [6, 6.07) is 7.45. The summed E-state index contributed by atoms with van der Waals surface area (Å²) in [6.07, 6.45) is 0. The van der Waals surface area contributed by atoms with Gasteiger partial charge in [-0.05, 0) is 36.2 Å². The summed E-state index contributed by atoms with van der Waals surface area (Å²) >= 11 is 12.8. The molecule has 1 aromatic heterocycles. The first-order valence-electron chi connectivity index (χ1n) is 6.32. The predicted molar refractivity (Wildman–Crippen MR) is 89.5 cm³/mol. The van der Waals surface area contributed by atoms with Gasteiger partial charge >= 0.3 is 0 Å². The normalized spacial score (nSPS) is 11.7. The van der Waals surface area contributed by atoms with Crippen LogP contribution in [0.15, 0.2) is 34.5 Å². The van der Waals surface area contributed by atoms with E-state index >= 15 is 0 Å². The third-order valence-corrected chi connectivity index (χ3v) is 6.60. The quantitative estimate of drug-likeness (QED) is 0.863. The molecule has 1 amide bonds. The highest BCUT2D eigenvalue weighted by Gasteiger charge is 2.22. The van der Waals surface area contributed by atoms with Crippen LogP contribution in [0.1, 0.15) is 35.0 Å². The van der Waals surface area contributed by atoms with Gasteiger partial charge in [-0.1, -0.05) is 37.0 Å². The molecule has 22 heavy (non-hydrogen) atoms. The first kappa shape index (κ1) is 17.3. The van der Waals surface area contributed by atoms with Crippen LogP contribution in [-0.2, 0) is 10.0 Å². The van der Waals surface area contributed by atoms with E-state index in [2.05, 4.69) is 0 Å². The first-order chi connectivity index (χ1) is 10.2. The van der Waals surface area contributed by atoms with Crippen LogP contribution in [0.5, 0.6) is 0 Å². The van der Waals surface area contributed by atoms with Crippen LogP contribution in [0.25, 0.3) is 0 Å². The predicted octanol–water partition coefficient (Wildman–Crippen LogP) is 4.30. The van der Waals surface area contributed by atoms with E-state index in [1.54, 1.807) is 6.07 Å². The molecule has 1 aromatic carbocycles. The molecule has 0 saturated carbocycles. The summed E-state index contributed by atoms with van der Waals surface area (Å²) in [7, 11) is -3.92. The lowest BCUT2D eigenvalue weighted by Crippen LogP contribution is -2.30. The molecule has 0 bridgehead atoms. The maximum absolute atomic E-state index is 12.2. The molecule has 2 rings (SSSR count). The van der Waals surface area contributed by atoms with Crippen LogP contribution in [0.2, 0.25) is 10.0 Å². The summed E-state index contributed by atoms with van der Waals surface area (Å²) in [5, 5.41) is 0.457. The van der Waals surface area contributed by atoms with Crippen LogP contribution < -0.4 is 4.72 Å². The summed E-state index contributed by atoms with van der Waals surface area (Å²) in [5.74, 6) is -0.573. The van der Waals surface area contributed by atoms with Crippen molar-refractivity contribution in [2.75, 3.05) is 0 Å². The molecule has 0 aliphatic heterocycles. The number of amides is 1. The number of carbonyl (C=O) groups excluding carboxylic acids is 1. The number of carbonyl (C=O) groups is 1. The Labute approximate surface area is 143 Å². The first-order valence-corrected chi connectivity index (χ1v) is 9.38. The van der Waals surface area contributed by atoms with E-state index in [1.165, 1.54) is 24.3 Å². The second-order valence-electron chi connectivity index (χ2n) is 4.87. The Bertz CT molecular complexity index is 813. The molecule has 0 fully saturated rings. The zero-order valence-corrected chi connectivity index (χ0v) is 14.9. The number of benzene rings is 1. The van der Waals surface area contributed by atoms with Crippen molar-refractivity contribution < 1.29 is 13.2 Å². The number of nitrogens with one attached hydrogen (secondary N) is 1. The Hall–Kier alpha value is -1.08. The van der Waals surface area contributed by atoms with Crippen molar-refractivity contribution >= 4 is 50.5 Å². The fraction of sp³-hybridized carbons (Fsp3) is 0.214. The Kier molecular flexibility index (Phi) is 5.17. The van der Waals surface area contributed by atoms with Gasteiger partial charge in [-0.25, -0.2) is 13.1 Å². The minimum Gasteiger partial charge on any atom is -0.268 e. The Morgan fingerprint density at radius 2 is 1.86 bits per heavy atom. The Morgan fingerprint density at radius 3 is 2.41 bits per heavy atom. The van der Waals surface area contributed by atoms with Crippen molar-refractivity contribution in [1.82, 2.24) is 4.72 Å². The third-order valence-electron chi connectivity index (χ3n) is 2.84. The molecule has 0 unspecified atom stereocenters. The maximum atomic E-state index is 12.2. The van der Waals surface area contributed by atoms with Gasteiger partial charge in [-0.2, -0.15) is 0 Å². The minimum atomic E-state index is -3.92. The van der Waals surface area contributed by atoms with Crippen molar-refractivity contribution in [2.24, 2.45) is 0 Å². The summed E-state index contributed by atoms with van der Waals surface area (Å²) in [6.45, 7) is 3.93. The highest BCUT2D eigenvalue weighted by Crippen LogP contribution is 2.28. The van der Waals surface area contributed by atoms with Crippen molar-refractivity contribution in [3.63, 3.8) is 0 Å². The zero-order valence-electron chi connectivity index (χ0n) is 11.8. The maximum Gasteiger partial charge on any atom is 0.273 e.